The lowest BCUT2D eigenvalue weighted by Gasteiger charge is -2.30. The van der Waals surface area contributed by atoms with Gasteiger partial charge in [0.05, 0.1) is 5.69 Å². The largest absolute Gasteiger partial charge is 0.309 e. The average Bonchev–Trinajstić information content (AvgIpc) is 3.67. The minimum absolute atomic E-state index is 1.14. The first kappa shape index (κ1) is 29.2. The van der Waals surface area contributed by atoms with Gasteiger partial charge in [-0.05, 0) is 93.2 Å². The molecular weight excluding hydrogens is 611 g/mol. The Hall–Kier alpha value is -5.96. The standard InChI is InChI=1S/C47H33NS/c1-32-22-25-38(26-23-32)48(39-27-24-33-12-5-6-15-35(33)31-39)47-42-20-9-7-18-40(42)46(41-19-8-10-21-43(41)47)37-17-11-16-36(30-37)45-29-28-44(49-45)34-13-3-2-4-14-34/h2-31H,1H3. The highest BCUT2D eigenvalue weighted by molar-refractivity contribution is 7.18. The van der Waals surface area contributed by atoms with Gasteiger partial charge in [-0.15, -0.1) is 11.3 Å². The van der Waals surface area contributed by atoms with E-state index in [0.717, 1.165) is 11.4 Å². The smallest absolute Gasteiger partial charge is 0.0618 e. The van der Waals surface area contributed by atoms with Crippen LogP contribution in [0, 0.1) is 6.92 Å². The molecule has 0 amide bonds. The van der Waals surface area contributed by atoms with Gasteiger partial charge in [-0.2, -0.15) is 0 Å². The van der Waals surface area contributed by atoms with Gasteiger partial charge in [0.1, 0.15) is 0 Å². The maximum atomic E-state index is 2.45. The third-order valence-corrected chi connectivity index (χ3v) is 10.7. The zero-order valence-electron chi connectivity index (χ0n) is 27.2. The molecule has 0 fully saturated rings. The van der Waals surface area contributed by atoms with Gasteiger partial charge in [-0.3, -0.25) is 0 Å². The van der Waals surface area contributed by atoms with Gasteiger partial charge in [0.15, 0.2) is 0 Å². The molecule has 0 spiro atoms. The lowest BCUT2D eigenvalue weighted by atomic mass is 9.89. The van der Waals surface area contributed by atoms with Crippen molar-refractivity contribution in [2.24, 2.45) is 0 Å². The van der Waals surface area contributed by atoms with E-state index in [1.165, 1.54) is 75.6 Å². The van der Waals surface area contributed by atoms with Gasteiger partial charge in [0.25, 0.3) is 0 Å². The fourth-order valence-electron chi connectivity index (χ4n) is 7.15. The molecule has 0 unspecified atom stereocenters. The van der Waals surface area contributed by atoms with Crippen molar-refractivity contribution in [1.29, 1.82) is 0 Å². The van der Waals surface area contributed by atoms with Crippen molar-refractivity contribution in [2.75, 3.05) is 4.90 Å². The van der Waals surface area contributed by atoms with E-state index in [1.807, 2.05) is 11.3 Å². The van der Waals surface area contributed by atoms with E-state index in [9.17, 15) is 0 Å². The molecule has 0 aliphatic rings. The van der Waals surface area contributed by atoms with Crippen LogP contribution in [0.5, 0.6) is 0 Å². The quantitative estimate of drug-likeness (QED) is 0.163. The van der Waals surface area contributed by atoms with Gasteiger partial charge in [0.2, 0.25) is 0 Å². The Bertz CT molecular complexity index is 2560. The average molecular weight is 644 g/mol. The van der Waals surface area contributed by atoms with Crippen LogP contribution in [0.1, 0.15) is 5.56 Å². The normalized spacial score (nSPS) is 11.4. The molecular formula is C47H33NS. The topological polar surface area (TPSA) is 3.24 Å². The van der Waals surface area contributed by atoms with Gasteiger partial charge < -0.3 is 4.90 Å². The Morgan fingerprint density at radius 2 is 0.939 bits per heavy atom. The van der Waals surface area contributed by atoms with Crippen LogP contribution in [0.4, 0.5) is 17.1 Å². The summed E-state index contributed by atoms with van der Waals surface area (Å²) in [5, 5.41) is 7.38. The SMILES string of the molecule is Cc1ccc(N(c2ccc3ccccc3c2)c2c3ccccc3c(-c3cccc(-c4ccc(-c5ccccc5)s4)c3)c3ccccc23)cc1. The summed E-state index contributed by atoms with van der Waals surface area (Å²) in [5.74, 6) is 0. The lowest BCUT2D eigenvalue weighted by molar-refractivity contribution is 1.30. The molecule has 8 aromatic carbocycles. The minimum atomic E-state index is 1.14. The highest BCUT2D eigenvalue weighted by Gasteiger charge is 2.22. The van der Waals surface area contributed by atoms with Crippen molar-refractivity contribution in [3.05, 3.63) is 188 Å². The van der Waals surface area contributed by atoms with Crippen molar-refractivity contribution >= 4 is 60.7 Å². The Morgan fingerprint density at radius 1 is 0.388 bits per heavy atom. The molecule has 0 aliphatic carbocycles. The number of hydrogen-bond acceptors (Lipinski definition) is 2. The number of anilines is 3. The molecule has 0 saturated heterocycles. The molecule has 0 atom stereocenters. The van der Waals surface area contributed by atoms with Crippen LogP contribution in [-0.2, 0) is 0 Å². The van der Waals surface area contributed by atoms with Crippen molar-refractivity contribution in [3.8, 4) is 32.0 Å². The van der Waals surface area contributed by atoms with Crippen LogP contribution >= 0.6 is 11.3 Å². The number of hydrogen-bond donors (Lipinski definition) is 0. The minimum Gasteiger partial charge on any atom is -0.309 e. The van der Waals surface area contributed by atoms with E-state index in [0.29, 0.717) is 0 Å². The van der Waals surface area contributed by atoms with Crippen molar-refractivity contribution in [2.45, 2.75) is 6.92 Å². The molecule has 9 rings (SSSR count). The molecule has 232 valence electrons. The second-order valence-corrected chi connectivity index (χ2v) is 13.7. The van der Waals surface area contributed by atoms with Crippen LogP contribution in [-0.4, -0.2) is 0 Å². The predicted molar refractivity (Wildman–Crippen MR) is 213 cm³/mol. The Morgan fingerprint density at radius 3 is 1.65 bits per heavy atom. The number of rotatable bonds is 6. The molecule has 1 heterocycles. The molecule has 1 nitrogen and oxygen atoms in total. The van der Waals surface area contributed by atoms with Crippen LogP contribution in [0.25, 0.3) is 64.3 Å². The van der Waals surface area contributed by atoms with E-state index >= 15 is 0 Å². The van der Waals surface area contributed by atoms with Crippen LogP contribution < -0.4 is 4.90 Å². The number of fused-ring (bicyclic) bond motifs is 3. The molecule has 0 radical (unpaired) electrons. The first-order chi connectivity index (χ1) is 24.2. The Balaban J connectivity index is 1.28. The number of thiophene rings is 1. The molecule has 0 saturated carbocycles. The summed E-state index contributed by atoms with van der Waals surface area (Å²) >= 11 is 1.85. The fourth-order valence-corrected chi connectivity index (χ4v) is 8.16. The summed E-state index contributed by atoms with van der Waals surface area (Å²) in [7, 11) is 0. The molecule has 0 aliphatic heterocycles. The number of benzene rings is 8. The van der Waals surface area contributed by atoms with E-state index < -0.39 is 0 Å². The monoisotopic (exact) mass is 643 g/mol. The Labute approximate surface area is 291 Å². The molecule has 0 bridgehead atoms. The lowest BCUT2D eigenvalue weighted by Crippen LogP contribution is -2.11. The van der Waals surface area contributed by atoms with Crippen LogP contribution in [0.15, 0.2) is 182 Å². The summed E-state index contributed by atoms with van der Waals surface area (Å²) in [6, 6.07) is 66.4. The van der Waals surface area contributed by atoms with E-state index in [2.05, 4.69) is 194 Å². The molecule has 49 heavy (non-hydrogen) atoms. The van der Waals surface area contributed by atoms with Gasteiger partial charge >= 0.3 is 0 Å². The van der Waals surface area contributed by atoms with Gasteiger partial charge in [0, 0.05) is 31.9 Å². The summed E-state index contributed by atoms with van der Waals surface area (Å²) in [5.41, 5.74) is 9.69. The fraction of sp³-hybridized carbons (Fsp3) is 0.0213. The van der Waals surface area contributed by atoms with Gasteiger partial charge in [-0.1, -0.05) is 145 Å². The Kier molecular flexibility index (Phi) is 7.30. The van der Waals surface area contributed by atoms with Crippen LogP contribution in [0.2, 0.25) is 0 Å². The maximum Gasteiger partial charge on any atom is 0.0618 e. The van der Waals surface area contributed by atoms with Crippen molar-refractivity contribution < 1.29 is 0 Å². The number of aryl methyl sites for hydroxylation is 1. The van der Waals surface area contributed by atoms with Gasteiger partial charge in [-0.25, -0.2) is 0 Å². The molecule has 2 heteroatoms. The van der Waals surface area contributed by atoms with E-state index in [1.54, 1.807) is 0 Å². The molecule has 9 aromatic rings. The predicted octanol–water partition coefficient (Wildman–Crippen LogP) is 14.0. The zero-order chi connectivity index (χ0) is 32.7. The molecule has 1 aromatic heterocycles. The second-order valence-electron chi connectivity index (χ2n) is 12.6. The summed E-state index contributed by atoms with van der Waals surface area (Å²) in [6.07, 6.45) is 0. The highest BCUT2D eigenvalue weighted by atomic mass is 32.1. The van der Waals surface area contributed by atoms with Crippen molar-refractivity contribution in [1.82, 2.24) is 0 Å². The third-order valence-electron chi connectivity index (χ3n) is 9.51. The summed E-state index contributed by atoms with van der Waals surface area (Å²) in [4.78, 5) is 5.01. The van der Waals surface area contributed by atoms with E-state index in [-0.39, 0.29) is 0 Å². The highest BCUT2D eigenvalue weighted by Crippen LogP contribution is 2.49. The first-order valence-corrected chi connectivity index (χ1v) is 17.6. The number of nitrogens with zero attached hydrogens (tertiary/aromatic N) is 1. The third kappa shape index (κ3) is 5.27. The first-order valence-electron chi connectivity index (χ1n) is 16.8. The van der Waals surface area contributed by atoms with E-state index in [4.69, 9.17) is 0 Å². The summed E-state index contributed by atoms with van der Waals surface area (Å²) in [6.45, 7) is 2.15. The van der Waals surface area contributed by atoms with Crippen molar-refractivity contribution in [3.63, 3.8) is 0 Å². The molecule has 0 N–H and O–H groups in total. The summed E-state index contributed by atoms with van der Waals surface area (Å²) < 4.78 is 0. The second kappa shape index (κ2) is 12.2. The van der Waals surface area contributed by atoms with Crippen LogP contribution in [0.3, 0.4) is 0 Å². The zero-order valence-corrected chi connectivity index (χ0v) is 28.0. The maximum absolute atomic E-state index is 2.45.